The van der Waals surface area contributed by atoms with Crippen LogP contribution in [0.4, 0.5) is 11.6 Å². The van der Waals surface area contributed by atoms with Gasteiger partial charge in [-0.2, -0.15) is 0 Å². The Labute approximate surface area is 182 Å². The predicted octanol–water partition coefficient (Wildman–Crippen LogP) is 1.74. The van der Waals surface area contributed by atoms with E-state index in [2.05, 4.69) is 43.0 Å². The molecule has 0 aliphatic carbocycles. The van der Waals surface area contributed by atoms with Crippen LogP contribution in [0.1, 0.15) is 10.5 Å². The number of carbonyl (C=O) groups is 1. The zero-order valence-electron chi connectivity index (χ0n) is 17.8. The molecule has 160 valence electrons. The number of anilines is 2. The second kappa shape index (κ2) is 8.47. The molecule has 2 aromatic heterocycles. The summed E-state index contributed by atoms with van der Waals surface area (Å²) in [7, 11) is 2.15. The average molecular weight is 418 g/mol. The quantitative estimate of drug-likeness (QED) is 0.643. The minimum absolute atomic E-state index is 0.0121. The lowest BCUT2D eigenvalue weighted by Crippen LogP contribution is -2.49. The SMILES string of the molecule is CN1CCN(c2ccc(N3CCN(C(=O)c4ccc5ccccc5n4)CC3)nn2)CC1. The van der Waals surface area contributed by atoms with Crippen LogP contribution >= 0.6 is 0 Å². The van der Waals surface area contributed by atoms with E-state index >= 15 is 0 Å². The van der Waals surface area contributed by atoms with Crippen molar-refractivity contribution < 1.29 is 4.79 Å². The molecule has 3 aromatic rings. The van der Waals surface area contributed by atoms with Crippen molar-refractivity contribution in [2.45, 2.75) is 0 Å². The highest BCUT2D eigenvalue weighted by atomic mass is 16.2. The molecule has 8 nitrogen and oxygen atoms in total. The zero-order valence-corrected chi connectivity index (χ0v) is 17.8. The average Bonchev–Trinajstić information content (AvgIpc) is 2.84. The Morgan fingerprint density at radius 1 is 0.742 bits per heavy atom. The first-order valence-corrected chi connectivity index (χ1v) is 10.8. The molecule has 0 radical (unpaired) electrons. The summed E-state index contributed by atoms with van der Waals surface area (Å²) in [4.78, 5) is 26.2. The fourth-order valence-corrected chi connectivity index (χ4v) is 4.18. The highest BCUT2D eigenvalue weighted by Gasteiger charge is 2.24. The van der Waals surface area contributed by atoms with Gasteiger partial charge in [-0.3, -0.25) is 4.79 Å². The number of hydrogen-bond donors (Lipinski definition) is 0. The summed E-state index contributed by atoms with van der Waals surface area (Å²) in [6, 6.07) is 15.7. The number of benzene rings is 1. The molecule has 2 aliphatic heterocycles. The molecular weight excluding hydrogens is 390 g/mol. The molecule has 1 amide bonds. The zero-order chi connectivity index (χ0) is 21.2. The van der Waals surface area contributed by atoms with Gasteiger partial charge in [0.1, 0.15) is 5.69 Å². The van der Waals surface area contributed by atoms with Crippen molar-refractivity contribution in [3.63, 3.8) is 0 Å². The van der Waals surface area contributed by atoms with Crippen LogP contribution in [-0.4, -0.2) is 90.3 Å². The molecule has 8 heteroatoms. The summed E-state index contributed by atoms with van der Waals surface area (Å²) in [5.74, 6) is 1.80. The number of para-hydroxylation sites is 1. The van der Waals surface area contributed by atoms with Gasteiger partial charge in [-0.15, -0.1) is 10.2 Å². The van der Waals surface area contributed by atoms with Gasteiger partial charge in [-0.05, 0) is 31.3 Å². The van der Waals surface area contributed by atoms with E-state index < -0.39 is 0 Å². The Morgan fingerprint density at radius 3 is 2.00 bits per heavy atom. The molecule has 0 unspecified atom stereocenters. The van der Waals surface area contributed by atoms with Crippen LogP contribution in [0, 0.1) is 0 Å². The summed E-state index contributed by atoms with van der Waals surface area (Å²) in [5, 5.41) is 9.97. The van der Waals surface area contributed by atoms with E-state index in [0.29, 0.717) is 18.8 Å². The molecule has 4 heterocycles. The topological polar surface area (TPSA) is 68.7 Å². The van der Waals surface area contributed by atoms with Gasteiger partial charge in [0.25, 0.3) is 5.91 Å². The predicted molar refractivity (Wildman–Crippen MR) is 122 cm³/mol. The molecule has 1 aromatic carbocycles. The van der Waals surface area contributed by atoms with Gasteiger partial charge in [0.05, 0.1) is 5.52 Å². The van der Waals surface area contributed by atoms with Gasteiger partial charge in [-0.25, -0.2) is 4.98 Å². The van der Waals surface area contributed by atoms with Gasteiger partial charge in [-0.1, -0.05) is 24.3 Å². The number of nitrogens with zero attached hydrogens (tertiary/aromatic N) is 7. The van der Waals surface area contributed by atoms with E-state index in [1.165, 1.54) is 0 Å². The first-order valence-electron chi connectivity index (χ1n) is 10.8. The summed E-state index contributed by atoms with van der Waals surface area (Å²) in [6.45, 7) is 6.83. The van der Waals surface area contributed by atoms with E-state index in [-0.39, 0.29) is 5.91 Å². The van der Waals surface area contributed by atoms with Crippen molar-refractivity contribution in [1.29, 1.82) is 0 Å². The van der Waals surface area contributed by atoms with Crippen LogP contribution in [0.2, 0.25) is 0 Å². The maximum Gasteiger partial charge on any atom is 0.272 e. The van der Waals surface area contributed by atoms with E-state index in [4.69, 9.17) is 0 Å². The number of pyridine rings is 1. The maximum absolute atomic E-state index is 12.9. The smallest absolute Gasteiger partial charge is 0.272 e. The molecule has 2 fully saturated rings. The molecule has 5 rings (SSSR count). The van der Waals surface area contributed by atoms with Crippen LogP contribution in [-0.2, 0) is 0 Å². The van der Waals surface area contributed by atoms with Crippen molar-refractivity contribution in [3.8, 4) is 0 Å². The summed E-state index contributed by atoms with van der Waals surface area (Å²) in [5.41, 5.74) is 1.35. The number of piperazine rings is 2. The highest BCUT2D eigenvalue weighted by molar-refractivity contribution is 5.95. The lowest BCUT2D eigenvalue weighted by molar-refractivity contribution is 0.0741. The van der Waals surface area contributed by atoms with Gasteiger partial charge < -0.3 is 19.6 Å². The summed E-state index contributed by atoms with van der Waals surface area (Å²) >= 11 is 0. The second-order valence-electron chi connectivity index (χ2n) is 8.21. The number of aromatic nitrogens is 3. The molecule has 0 saturated carbocycles. The number of amides is 1. The molecule has 2 aliphatic rings. The van der Waals surface area contributed by atoms with E-state index in [9.17, 15) is 4.79 Å². The van der Waals surface area contributed by atoms with E-state index in [0.717, 1.165) is 61.8 Å². The largest absolute Gasteiger partial charge is 0.353 e. The number of rotatable bonds is 3. The van der Waals surface area contributed by atoms with E-state index in [1.807, 2.05) is 47.4 Å². The lowest BCUT2D eigenvalue weighted by atomic mass is 10.2. The fourth-order valence-electron chi connectivity index (χ4n) is 4.18. The number of carbonyl (C=O) groups excluding carboxylic acids is 1. The number of hydrogen-bond acceptors (Lipinski definition) is 7. The molecular formula is C23H27N7O. The van der Waals surface area contributed by atoms with Crippen LogP contribution in [0.3, 0.4) is 0 Å². The van der Waals surface area contributed by atoms with Crippen molar-refractivity contribution in [2.24, 2.45) is 0 Å². The van der Waals surface area contributed by atoms with Gasteiger partial charge in [0.15, 0.2) is 11.6 Å². The normalized spacial score (nSPS) is 17.9. The Balaban J connectivity index is 1.20. The Morgan fingerprint density at radius 2 is 1.35 bits per heavy atom. The Hall–Kier alpha value is -3.26. The fraction of sp³-hybridized carbons (Fsp3) is 0.391. The lowest BCUT2D eigenvalue weighted by Gasteiger charge is -2.35. The molecule has 0 N–H and O–H groups in total. The molecule has 31 heavy (non-hydrogen) atoms. The van der Waals surface area contributed by atoms with Crippen LogP contribution in [0.25, 0.3) is 10.9 Å². The van der Waals surface area contributed by atoms with Crippen molar-refractivity contribution in [2.75, 3.05) is 69.2 Å². The molecule has 0 atom stereocenters. The third-order valence-corrected chi connectivity index (χ3v) is 6.17. The molecule has 0 bridgehead atoms. The maximum atomic E-state index is 12.9. The minimum atomic E-state index is -0.0121. The van der Waals surface area contributed by atoms with Crippen molar-refractivity contribution in [1.82, 2.24) is 25.0 Å². The number of fused-ring (bicyclic) bond motifs is 1. The third-order valence-electron chi connectivity index (χ3n) is 6.17. The van der Waals surface area contributed by atoms with Gasteiger partial charge in [0, 0.05) is 57.7 Å². The summed E-state index contributed by atoms with van der Waals surface area (Å²) in [6.07, 6.45) is 0. The van der Waals surface area contributed by atoms with Crippen LogP contribution < -0.4 is 9.80 Å². The number of likely N-dealkylation sites (N-methyl/N-ethyl adjacent to an activating group) is 1. The Bertz CT molecular complexity index is 1050. The highest BCUT2D eigenvalue weighted by Crippen LogP contribution is 2.19. The van der Waals surface area contributed by atoms with Crippen LogP contribution in [0.5, 0.6) is 0 Å². The van der Waals surface area contributed by atoms with Crippen LogP contribution in [0.15, 0.2) is 48.5 Å². The van der Waals surface area contributed by atoms with E-state index in [1.54, 1.807) is 0 Å². The Kier molecular flexibility index (Phi) is 5.38. The van der Waals surface area contributed by atoms with Crippen molar-refractivity contribution >= 4 is 28.4 Å². The standard InChI is InChI=1S/C23H27N7O/c1-27-10-12-28(13-11-27)21-8-9-22(26-25-21)29-14-16-30(17-15-29)23(31)20-7-6-18-4-2-3-5-19(18)24-20/h2-9H,10-17H2,1H3. The summed E-state index contributed by atoms with van der Waals surface area (Å²) < 4.78 is 0. The first kappa shape index (κ1) is 19.7. The molecule has 0 spiro atoms. The molecule has 2 saturated heterocycles. The van der Waals surface area contributed by atoms with Crippen molar-refractivity contribution in [3.05, 3.63) is 54.2 Å². The third kappa shape index (κ3) is 4.16. The second-order valence-corrected chi connectivity index (χ2v) is 8.21. The first-order chi connectivity index (χ1) is 15.2. The monoisotopic (exact) mass is 417 g/mol. The van der Waals surface area contributed by atoms with Gasteiger partial charge in [0.2, 0.25) is 0 Å². The van der Waals surface area contributed by atoms with Gasteiger partial charge >= 0.3 is 0 Å². The minimum Gasteiger partial charge on any atom is -0.353 e.